The minimum Gasteiger partial charge on any atom is -0.480 e. The molecule has 1 aliphatic rings. The van der Waals surface area contributed by atoms with E-state index in [4.69, 9.17) is 5.11 Å². The summed E-state index contributed by atoms with van der Waals surface area (Å²) in [7, 11) is 0. The normalized spacial score (nSPS) is 14.6. The third kappa shape index (κ3) is 4.43. The Morgan fingerprint density at radius 3 is 2.16 bits per heavy atom. The molecule has 1 heterocycles. The zero-order valence-corrected chi connectivity index (χ0v) is 14.3. The lowest BCUT2D eigenvalue weighted by Gasteiger charge is -2.17. The van der Waals surface area contributed by atoms with Crippen LogP contribution in [-0.4, -0.2) is 46.3 Å². The Morgan fingerprint density at radius 1 is 1.12 bits per heavy atom. The van der Waals surface area contributed by atoms with Crippen molar-refractivity contribution in [2.75, 3.05) is 6.54 Å². The Morgan fingerprint density at radius 2 is 1.68 bits per heavy atom. The molecular formula is C18H22N2O5. The van der Waals surface area contributed by atoms with Crippen LogP contribution < -0.4 is 5.32 Å². The number of nitrogens with one attached hydrogen (secondary N) is 1. The summed E-state index contributed by atoms with van der Waals surface area (Å²) in [4.78, 5) is 48.6. The van der Waals surface area contributed by atoms with Gasteiger partial charge in [0.2, 0.25) is 5.91 Å². The number of fused-ring (bicyclic) bond motifs is 1. The molecule has 1 atom stereocenters. The zero-order valence-electron chi connectivity index (χ0n) is 14.3. The van der Waals surface area contributed by atoms with Crippen LogP contribution in [0.3, 0.4) is 0 Å². The van der Waals surface area contributed by atoms with Crippen molar-refractivity contribution in [1.82, 2.24) is 10.2 Å². The molecule has 1 aromatic carbocycles. The number of amides is 3. The summed E-state index contributed by atoms with van der Waals surface area (Å²) in [6.45, 7) is 3.89. The molecule has 25 heavy (non-hydrogen) atoms. The number of aliphatic carboxylic acids is 1. The third-order valence-corrected chi connectivity index (χ3v) is 4.00. The van der Waals surface area contributed by atoms with E-state index in [0.717, 1.165) is 4.90 Å². The molecule has 0 saturated carbocycles. The van der Waals surface area contributed by atoms with Crippen LogP contribution in [0, 0.1) is 5.92 Å². The number of benzene rings is 1. The molecule has 2 rings (SSSR count). The highest BCUT2D eigenvalue weighted by Crippen LogP contribution is 2.22. The summed E-state index contributed by atoms with van der Waals surface area (Å²) >= 11 is 0. The van der Waals surface area contributed by atoms with E-state index in [0.29, 0.717) is 17.5 Å². The largest absolute Gasteiger partial charge is 0.480 e. The minimum absolute atomic E-state index is 0.0509. The van der Waals surface area contributed by atoms with Gasteiger partial charge in [0.05, 0.1) is 11.1 Å². The lowest BCUT2D eigenvalue weighted by molar-refractivity contribution is -0.142. The van der Waals surface area contributed by atoms with Gasteiger partial charge in [-0.25, -0.2) is 4.79 Å². The summed E-state index contributed by atoms with van der Waals surface area (Å²) in [6, 6.07) is 5.67. The Hall–Kier alpha value is -2.70. The van der Waals surface area contributed by atoms with E-state index in [1.807, 2.05) is 13.8 Å². The van der Waals surface area contributed by atoms with Crippen LogP contribution in [0.5, 0.6) is 0 Å². The number of carboxylic acids is 1. The summed E-state index contributed by atoms with van der Waals surface area (Å²) in [5.41, 5.74) is 0.750. The molecule has 1 aromatic rings. The Kier molecular flexibility index (Phi) is 5.90. The molecule has 1 unspecified atom stereocenters. The molecule has 0 fully saturated rings. The number of hydrogen-bond donors (Lipinski definition) is 2. The highest BCUT2D eigenvalue weighted by molar-refractivity contribution is 6.21. The molecule has 134 valence electrons. The van der Waals surface area contributed by atoms with Gasteiger partial charge in [-0.1, -0.05) is 26.0 Å². The zero-order chi connectivity index (χ0) is 18.6. The number of carbonyl (C=O) groups is 4. The van der Waals surface area contributed by atoms with Gasteiger partial charge in [-0.3, -0.25) is 19.3 Å². The average molecular weight is 346 g/mol. The van der Waals surface area contributed by atoms with Crippen LogP contribution >= 0.6 is 0 Å². The maximum Gasteiger partial charge on any atom is 0.326 e. The van der Waals surface area contributed by atoms with Crippen molar-refractivity contribution in [3.05, 3.63) is 35.4 Å². The smallest absolute Gasteiger partial charge is 0.326 e. The first kappa shape index (κ1) is 18.6. The number of carbonyl (C=O) groups excluding carboxylic acids is 3. The van der Waals surface area contributed by atoms with Gasteiger partial charge in [0, 0.05) is 13.0 Å². The highest BCUT2D eigenvalue weighted by atomic mass is 16.4. The summed E-state index contributed by atoms with van der Waals surface area (Å²) in [5, 5.41) is 11.6. The predicted octanol–water partition coefficient (Wildman–Crippen LogP) is 1.68. The van der Waals surface area contributed by atoms with E-state index in [-0.39, 0.29) is 37.1 Å². The van der Waals surface area contributed by atoms with Crippen LogP contribution in [0.4, 0.5) is 0 Å². The molecule has 1 aliphatic heterocycles. The van der Waals surface area contributed by atoms with Crippen LogP contribution in [0.1, 0.15) is 53.8 Å². The van der Waals surface area contributed by atoms with Gasteiger partial charge in [-0.15, -0.1) is 0 Å². The Balaban J connectivity index is 1.85. The fourth-order valence-electron chi connectivity index (χ4n) is 2.80. The molecule has 3 amide bonds. The maximum absolute atomic E-state index is 12.2. The van der Waals surface area contributed by atoms with Crippen molar-refractivity contribution in [2.24, 2.45) is 5.92 Å². The fourth-order valence-corrected chi connectivity index (χ4v) is 2.80. The molecule has 7 heteroatoms. The van der Waals surface area contributed by atoms with Crippen molar-refractivity contribution in [1.29, 1.82) is 0 Å². The molecule has 0 aliphatic carbocycles. The van der Waals surface area contributed by atoms with Crippen LogP contribution in [-0.2, 0) is 9.59 Å². The molecule has 0 saturated heterocycles. The topological polar surface area (TPSA) is 104 Å². The number of carboxylic acid groups (broad SMARTS) is 1. The van der Waals surface area contributed by atoms with Crippen molar-refractivity contribution < 1.29 is 24.3 Å². The first-order valence-corrected chi connectivity index (χ1v) is 8.28. The quantitative estimate of drug-likeness (QED) is 0.697. The van der Waals surface area contributed by atoms with E-state index in [2.05, 4.69) is 5.32 Å². The van der Waals surface area contributed by atoms with Gasteiger partial charge in [0.25, 0.3) is 11.8 Å². The van der Waals surface area contributed by atoms with Crippen molar-refractivity contribution in [2.45, 2.75) is 39.2 Å². The van der Waals surface area contributed by atoms with E-state index in [1.54, 1.807) is 24.3 Å². The standard InChI is InChI=1S/C18H22N2O5/c1-11(2)10-14(18(24)25)19-15(21)8-5-9-20-16(22)12-6-3-4-7-13(12)17(20)23/h3-4,6-7,11,14H,5,8-10H2,1-2H3,(H,19,21)(H,24,25). The van der Waals surface area contributed by atoms with Crippen molar-refractivity contribution in [3.63, 3.8) is 0 Å². The summed E-state index contributed by atoms with van der Waals surface area (Å²) in [6.07, 6.45) is 0.681. The molecule has 0 aromatic heterocycles. The van der Waals surface area contributed by atoms with Crippen molar-refractivity contribution >= 4 is 23.7 Å². The van der Waals surface area contributed by atoms with Gasteiger partial charge in [-0.05, 0) is 30.9 Å². The third-order valence-electron chi connectivity index (χ3n) is 4.00. The Labute approximate surface area is 146 Å². The van der Waals surface area contributed by atoms with Crippen LogP contribution in [0.25, 0.3) is 0 Å². The van der Waals surface area contributed by atoms with E-state index in [1.165, 1.54) is 0 Å². The number of hydrogen-bond acceptors (Lipinski definition) is 4. The molecule has 0 radical (unpaired) electrons. The van der Waals surface area contributed by atoms with Crippen molar-refractivity contribution in [3.8, 4) is 0 Å². The van der Waals surface area contributed by atoms with Gasteiger partial charge >= 0.3 is 5.97 Å². The molecule has 7 nitrogen and oxygen atoms in total. The monoisotopic (exact) mass is 346 g/mol. The first-order chi connectivity index (χ1) is 11.8. The number of rotatable bonds is 8. The molecular weight excluding hydrogens is 324 g/mol. The lowest BCUT2D eigenvalue weighted by Crippen LogP contribution is -2.42. The fraction of sp³-hybridized carbons (Fsp3) is 0.444. The molecule has 0 bridgehead atoms. The van der Waals surface area contributed by atoms with Crippen LogP contribution in [0.15, 0.2) is 24.3 Å². The predicted molar refractivity (Wildman–Crippen MR) is 90.1 cm³/mol. The van der Waals surface area contributed by atoms with Gasteiger partial charge in [0.1, 0.15) is 6.04 Å². The second kappa shape index (κ2) is 7.92. The summed E-state index contributed by atoms with van der Waals surface area (Å²) in [5.74, 6) is -2.04. The van der Waals surface area contributed by atoms with Gasteiger partial charge in [0.15, 0.2) is 0 Å². The van der Waals surface area contributed by atoms with E-state index in [9.17, 15) is 19.2 Å². The second-order valence-electron chi connectivity index (χ2n) is 6.50. The highest BCUT2D eigenvalue weighted by Gasteiger charge is 2.34. The average Bonchev–Trinajstić information content (AvgIpc) is 2.79. The Bertz CT molecular complexity index is 663. The van der Waals surface area contributed by atoms with E-state index >= 15 is 0 Å². The second-order valence-corrected chi connectivity index (χ2v) is 6.50. The first-order valence-electron chi connectivity index (χ1n) is 8.28. The SMILES string of the molecule is CC(C)CC(NC(=O)CCCN1C(=O)c2ccccc2C1=O)C(=O)O. The minimum atomic E-state index is -1.07. The summed E-state index contributed by atoms with van der Waals surface area (Å²) < 4.78 is 0. The lowest BCUT2D eigenvalue weighted by atomic mass is 10.0. The van der Waals surface area contributed by atoms with Gasteiger partial charge < -0.3 is 10.4 Å². The maximum atomic E-state index is 12.2. The number of nitrogens with zero attached hydrogens (tertiary/aromatic N) is 1. The molecule has 0 spiro atoms. The van der Waals surface area contributed by atoms with Gasteiger partial charge in [-0.2, -0.15) is 0 Å². The molecule has 2 N–H and O–H groups in total. The van der Waals surface area contributed by atoms with Crippen LogP contribution in [0.2, 0.25) is 0 Å². The van der Waals surface area contributed by atoms with E-state index < -0.39 is 17.9 Å². The number of imide groups is 1.